The second-order valence-corrected chi connectivity index (χ2v) is 11.3. The molecule has 1 aromatic heterocycles. The molecule has 14 heteroatoms. The number of benzene rings is 2. The highest BCUT2D eigenvalue weighted by molar-refractivity contribution is 7.93. The molecule has 0 bridgehead atoms. The van der Waals surface area contributed by atoms with E-state index in [1.807, 2.05) is 11.9 Å². The van der Waals surface area contributed by atoms with E-state index in [0.29, 0.717) is 42.3 Å². The molecule has 1 N–H and O–H groups in total. The molecular formula is C23H26ClN5O6S2. The summed E-state index contributed by atoms with van der Waals surface area (Å²) < 4.78 is 43.5. The summed E-state index contributed by atoms with van der Waals surface area (Å²) in [6.07, 6.45) is 0.975. The van der Waals surface area contributed by atoms with Gasteiger partial charge in [-0.05, 0) is 36.8 Å². The Balaban J connectivity index is 1.65. The van der Waals surface area contributed by atoms with Gasteiger partial charge in [-0.1, -0.05) is 11.6 Å². The van der Waals surface area contributed by atoms with Crippen molar-refractivity contribution in [1.82, 2.24) is 14.3 Å². The fourth-order valence-corrected chi connectivity index (χ4v) is 6.69. The molecule has 1 fully saturated rings. The van der Waals surface area contributed by atoms with Gasteiger partial charge in [-0.3, -0.25) is 0 Å². The summed E-state index contributed by atoms with van der Waals surface area (Å²) in [4.78, 5) is 18.6. The summed E-state index contributed by atoms with van der Waals surface area (Å²) in [5.41, 5.74) is 1.21. The third kappa shape index (κ3) is 5.53. The molecule has 1 aliphatic rings. The van der Waals surface area contributed by atoms with Crippen LogP contribution in [0.15, 0.2) is 47.6 Å². The Hall–Kier alpha value is -3.29. The van der Waals surface area contributed by atoms with E-state index in [-0.39, 0.29) is 27.6 Å². The summed E-state index contributed by atoms with van der Waals surface area (Å²) >= 11 is 7.52. The number of nitrogens with zero attached hydrogens (tertiary/aromatic N) is 5. The number of anilines is 2. The first kappa shape index (κ1) is 26.8. The van der Waals surface area contributed by atoms with Crippen molar-refractivity contribution in [2.75, 3.05) is 43.6 Å². The van der Waals surface area contributed by atoms with Crippen LogP contribution in [-0.4, -0.2) is 74.3 Å². The maximum atomic E-state index is 13.8. The van der Waals surface area contributed by atoms with Crippen LogP contribution in [0.2, 0.25) is 5.02 Å². The number of amides is 1. The first-order valence-electron chi connectivity index (χ1n) is 11.2. The van der Waals surface area contributed by atoms with Crippen LogP contribution in [0.1, 0.15) is 12.0 Å². The highest BCUT2D eigenvalue weighted by Gasteiger charge is 2.32. The van der Waals surface area contributed by atoms with Gasteiger partial charge in [0.2, 0.25) is 5.13 Å². The summed E-state index contributed by atoms with van der Waals surface area (Å²) in [5.74, 6) is 1.04. The van der Waals surface area contributed by atoms with E-state index in [2.05, 4.69) is 9.36 Å². The van der Waals surface area contributed by atoms with Gasteiger partial charge in [0, 0.05) is 49.3 Å². The van der Waals surface area contributed by atoms with Gasteiger partial charge in [0.25, 0.3) is 10.0 Å². The second kappa shape index (κ2) is 11.0. The number of carboxylic acid groups (broad SMARTS) is 1. The molecular weight excluding hydrogens is 542 g/mol. The molecule has 1 unspecified atom stereocenters. The maximum absolute atomic E-state index is 13.8. The quantitative estimate of drug-likeness (QED) is 0.411. The molecule has 0 spiro atoms. The zero-order valence-electron chi connectivity index (χ0n) is 20.4. The van der Waals surface area contributed by atoms with Crippen LogP contribution < -0.4 is 18.7 Å². The van der Waals surface area contributed by atoms with Crippen LogP contribution in [-0.2, 0) is 16.6 Å². The van der Waals surface area contributed by atoms with Crippen LogP contribution in [0, 0.1) is 0 Å². The van der Waals surface area contributed by atoms with Crippen molar-refractivity contribution in [3.63, 3.8) is 0 Å². The molecule has 198 valence electrons. The first-order chi connectivity index (χ1) is 17.6. The molecule has 0 aliphatic carbocycles. The Bertz CT molecular complexity index is 1370. The molecule has 1 atom stereocenters. The van der Waals surface area contributed by atoms with E-state index in [1.54, 1.807) is 24.3 Å². The van der Waals surface area contributed by atoms with Crippen molar-refractivity contribution in [3.05, 3.63) is 53.3 Å². The minimum absolute atomic E-state index is 0.0177. The molecule has 2 aromatic carbocycles. The van der Waals surface area contributed by atoms with E-state index < -0.39 is 16.1 Å². The predicted molar refractivity (Wildman–Crippen MR) is 141 cm³/mol. The third-order valence-corrected chi connectivity index (χ3v) is 9.08. The van der Waals surface area contributed by atoms with Crippen LogP contribution >= 0.6 is 23.1 Å². The SMILES string of the molecule is COc1ccc(CN(c2ncns2)S(=O)(=O)c2ccc(N(C)C3CCN(C(=O)O)C3)c(Cl)c2)c(OC)c1. The molecule has 4 rings (SSSR count). The van der Waals surface area contributed by atoms with Crippen LogP contribution in [0.3, 0.4) is 0 Å². The molecule has 37 heavy (non-hydrogen) atoms. The number of rotatable bonds is 9. The smallest absolute Gasteiger partial charge is 0.407 e. The minimum Gasteiger partial charge on any atom is -0.497 e. The van der Waals surface area contributed by atoms with Gasteiger partial charge in [-0.2, -0.15) is 4.37 Å². The number of ether oxygens (including phenoxy) is 2. The lowest BCUT2D eigenvalue weighted by atomic mass is 10.2. The van der Waals surface area contributed by atoms with Crippen molar-refractivity contribution in [2.24, 2.45) is 0 Å². The Morgan fingerprint density at radius 1 is 1.24 bits per heavy atom. The maximum Gasteiger partial charge on any atom is 0.407 e. The fourth-order valence-electron chi connectivity index (χ4n) is 4.16. The fraction of sp³-hybridized carbons (Fsp3) is 0.348. The van der Waals surface area contributed by atoms with Crippen molar-refractivity contribution in [2.45, 2.75) is 23.9 Å². The Kier molecular flexibility index (Phi) is 7.95. The monoisotopic (exact) mass is 567 g/mol. The normalized spacial score (nSPS) is 15.5. The number of methoxy groups -OCH3 is 2. The number of sulfonamides is 1. The number of hydrogen-bond acceptors (Lipinski definition) is 9. The van der Waals surface area contributed by atoms with Gasteiger partial charge in [0.15, 0.2) is 0 Å². The summed E-state index contributed by atoms with van der Waals surface area (Å²) in [7, 11) is 0.744. The first-order valence-corrected chi connectivity index (χ1v) is 13.8. The molecule has 1 amide bonds. The Morgan fingerprint density at radius 3 is 2.62 bits per heavy atom. The van der Waals surface area contributed by atoms with Crippen LogP contribution in [0.5, 0.6) is 11.5 Å². The molecule has 2 heterocycles. The van der Waals surface area contributed by atoms with Crippen molar-refractivity contribution in [1.29, 1.82) is 0 Å². The lowest BCUT2D eigenvalue weighted by Crippen LogP contribution is -2.36. The topological polar surface area (TPSA) is 125 Å². The largest absolute Gasteiger partial charge is 0.497 e. The highest BCUT2D eigenvalue weighted by atomic mass is 35.5. The molecule has 11 nitrogen and oxygen atoms in total. The van der Waals surface area contributed by atoms with E-state index >= 15 is 0 Å². The van der Waals surface area contributed by atoms with E-state index in [4.69, 9.17) is 21.1 Å². The van der Waals surface area contributed by atoms with Crippen LogP contribution in [0.4, 0.5) is 15.6 Å². The molecule has 3 aromatic rings. The van der Waals surface area contributed by atoms with Crippen molar-refractivity contribution >= 4 is 50.1 Å². The van der Waals surface area contributed by atoms with E-state index in [1.165, 1.54) is 37.6 Å². The van der Waals surface area contributed by atoms with Gasteiger partial charge in [-0.15, -0.1) is 0 Å². The number of likely N-dealkylation sites (tertiary alicyclic amines) is 1. The molecule has 0 saturated carbocycles. The van der Waals surface area contributed by atoms with Gasteiger partial charge in [0.05, 0.1) is 36.4 Å². The number of carbonyl (C=O) groups is 1. The standard InChI is InChI=1S/C23H26ClN5O6S2/c1-27(16-8-9-28(13-16)23(30)31)20-7-6-18(11-19(20)24)37(32,33)29(22-25-14-26-36-22)12-15-4-5-17(34-2)10-21(15)35-3/h4-7,10-11,14,16H,8-9,12-13H2,1-3H3,(H,30,31). The minimum atomic E-state index is -4.10. The Labute approximate surface area is 224 Å². The number of aromatic nitrogens is 2. The van der Waals surface area contributed by atoms with Crippen molar-refractivity contribution in [3.8, 4) is 11.5 Å². The van der Waals surface area contributed by atoms with Gasteiger partial charge in [0.1, 0.15) is 17.8 Å². The Morgan fingerprint density at radius 2 is 2.03 bits per heavy atom. The van der Waals surface area contributed by atoms with E-state index in [0.717, 1.165) is 15.8 Å². The highest BCUT2D eigenvalue weighted by Crippen LogP contribution is 2.35. The summed E-state index contributed by atoms with van der Waals surface area (Å²) in [6.45, 7) is 0.716. The third-order valence-electron chi connectivity index (χ3n) is 6.24. The van der Waals surface area contributed by atoms with Gasteiger partial charge < -0.3 is 24.4 Å². The summed E-state index contributed by atoms with van der Waals surface area (Å²) in [6, 6.07) is 9.56. The average Bonchev–Trinajstić information content (AvgIpc) is 3.59. The van der Waals surface area contributed by atoms with E-state index in [9.17, 15) is 18.3 Å². The lowest BCUT2D eigenvalue weighted by Gasteiger charge is -2.28. The number of likely N-dealkylation sites (N-methyl/N-ethyl adjacent to an activating group) is 1. The number of halogens is 1. The van der Waals surface area contributed by atoms with Crippen molar-refractivity contribution < 1.29 is 27.8 Å². The molecule has 1 aliphatic heterocycles. The molecule has 1 saturated heterocycles. The number of hydrogen-bond donors (Lipinski definition) is 1. The zero-order chi connectivity index (χ0) is 26.7. The van der Waals surface area contributed by atoms with Crippen LogP contribution in [0.25, 0.3) is 0 Å². The molecule has 0 radical (unpaired) electrons. The zero-order valence-corrected chi connectivity index (χ0v) is 22.8. The average molecular weight is 568 g/mol. The predicted octanol–water partition coefficient (Wildman–Crippen LogP) is 3.79. The van der Waals surface area contributed by atoms with Gasteiger partial charge >= 0.3 is 6.09 Å². The summed E-state index contributed by atoms with van der Waals surface area (Å²) in [5, 5.41) is 9.67. The second-order valence-electron chi connectivity index (χ2n) is 8.31. The lowest BCUT2D eigenvalue weighted by molar-refractivity contribution is 0.155. The van der Waals surface area contributed by atoms with Gasteiger partial charge in [-0.25, -0.2) is 22.5 Å².